The van der Waals surface area contributed by atoms with Gasteiger partial charge in [0.2, 0.25) is 0 Å². The van der Waals surface area contributed by atoms with Crippen LogP contribution < -0.4 is 0 Å². The number of pyridine rings is 1. The number of aromatic nitrogens is 3. The van der Waals surface area contributed by atoms with Crippen LogP contribution in [-0.2, 0) is 7.05 Å². The molecule has 0 saturated heterocycles. The van der Waals surface area contributed by atoms with E-state index in [0.29, 0.717) is 15.9 Å². The molecule has 2 aromatic heterocycles. The Kier molecular flexibility index (Phi) is 2.67. The van der Waals surface area contributed by atoms with Crippen LogP contribution >= 0.6 is 23.2 Å². The number of hydrogen-bond donors (Lipinski definition) is 0. The van der Waals surface area contributed by atoms with E-state index in [-0.39, 0.29) is 0 Å². The van der Waals surface area contributed by atoms with Gasteiger partial charge in [0.25, 0.3) is 0 Å². The lowest BCUT2D eigenvalue weighted by molar-refractivity contribution is 0.743. The first-order chi connectivity index (χ1) is 7.11. The summed E-state index contributed by atoms with van der Waals surface area (Å²) < 4.78 is 1.72. The van der Waals surface area contributed by atoms with Gasteiger partial charge < -0.3 is 0 Å². The summed E-state index contributed by atoms with van der Waals surface area (Å²) >= 11 is 12.1. The van der Waals surface area contributed by atoms with Crippen molar-refractivity contribution in [3.8, 4) is 11.3 Å². The van der Waals surface area contributed by atoms with Crippen molar-refractivity contribution in [1.82, 2.24) is 14.8 Å². The van der Waals surface area contributed by atoms with E-state index in [1.165, 1.54) is 0 Å². The van der Waals surface area contributed by atoms with E-state index in [0.717, 1.165) is 11.3 Å². The lowest BCUT2D eigenvalue weighted by Crippen LogP contribution is -1.92. The second kappa shape index (κ2) is 3.83. The fourth-order valence-electron chi connectivity index (χ4n) is 1.32. The fraction of sp³-hybridized carbons (Fsp3) is 0.200. The summed E-state index contributed by atoms with van der Waals surface area (Å²) in [6.07, 6.45) is 1.63. The maximum Gasteiger partial charge on any atom is 0.138 e. The van der Waals surface area contributed by atoms with Gasteiger partial charge in [0, 0.05) is 18.8 Å². The average Bonchev–Trinajstić information content (AvgIpc) is 2.47. The molecule has 78 valence electrons. The van der Waals surface area contributed by atoms with Crippen LogP contribution in [0.5, 0.6) is 0 Å². The minimum absolute atomic E-state index is 0.414. The minimum atomic E-state index is 0.414. The van der Waals surface area contributed by atoms with Gasteiger partial charge in [0.1, 0.15) is 10.8 Å². The van der Waals surface area contributed by atoms with Crippen molar-refractivity contribution >= 4 is 23.2 Å². The third-order valence-corrected chi connectivity index (χ3v) is 3.03. The summed E-state index contributed by atoms with van der Waals surface area (Å²) in [7, 11) is 1.84. The van der Waals surface area contributed by atoms with E-state index in [9.17, 15) is 0 Å². The van der Waals surface area contributed by atoms with Crippen molar-refractivity contribution < 1.29 is 0 Å². The summed E-state index contributed by atoms with van der Waals surface area (Å²) in [4.78, 5) is 3.99. The van der Waals surface area contributed by atoms with Gasteiger partial charge in [-0.3, -0.25) is 4.68 Å². The van der Waals surface area contributed by atoms with Gasteiger partial charge in [-0.2, -0.15) is 5.10 Å². The van der Waals surface area contributed by atoms with Crippen LogP contribution in [0.15, 0.2) is 18.3 Å². The number of nitrogens with zero attached hydrogens (tertiary/aromatic N) is 3. The highest BCUT2D eigenvalue weighted by Crippen LogP contribution is 2.32. The van der Waals surface area contributed by atoms with Gasteiger partial charge >= 0.3 is 0 Å². The molecule has 0 aliphatic carbocycles. The second-order valence-corrected chi connectivity index (χ2v) is 3.95. The maximum atomic E-state index is 6.15. The number of halogens is 2. The van der Waals surface area contributed by atoms with Gasteiger partial charge in [-0.15, -0.1) is 0 Å². The van der Waals surface area contributed by atoms with Crippen molar-refractivity contribution in [1.29, 1.82) is 0 Å². The molecule has 0 aliphatic rings. The lowest BCUT2D eigenvalue weighted by Gasteiger charge is -1.98. The van der Waals surface area contributed by atoms with E-state index >= 15 is 0 Å². The van der Waals surface area contributed by atoms with Crippen LogP contribution in [-0.4, -0.2) is 14.8 Å². The summed E-state index contributed by atoms with van der Waals surface area (Å²) in [6, 6.07) is 3.66. The predicted octanol–water partition coefficient (Wildman–Crippen LogP) is 3.10. The highest BCUT2D eigenvalue weighted by Gasteiger charge is 2.15. The van der Waals surface area contributed by atoms with Crippen LogP contribution in [0.4, 0.5) is 0 Å². The molecular weight excluding hydrogens is 233 g/mol. The molecule has 0 aromatic carbocycles. The number of rotatable bonds is 1. The molecular formula is C10H9Cl2N3. The quantitative estimate of drug-likeness (QED) is 0.719. The van der Waals surface area contributed by atoms with Crippen LogP contribution in [0.25, 0.3) is 11.3 Å². The zero-order valence-corrected chi connectivity index (χ0v) is 9.84. The first kappa shape index (κ1) is 10.5. The smallest absolute Gasteiger partial charge is 0.138 e. The van der Waals surface area contributed by atoms with Crippen LogP contribution in [0, 0.1) is 6.92 Å². The van der Waals surface area contributed by atoms with E-state index in [2.05, 4.69) is 10.1 Å². The molecule has 3 nitrogen and oxygen atoms in total. The molecule has 0 bridgehead atoms. The third kappa shape index (κ3) is 1.73. The van der Waals surface area contributed by atoms with Crippen molar-refractivity contribution in [2.75, 3.05) is 0 Å². The van der Waals surface area contributed by atoms with Gasteiger partial charge in [0.15, 0.2) is 0 Å². The monoisotopic (exact) mass is 241 g/mol. The normalized spacial score (nSPS) is 10.7. The van der Waals surface area contributed by atoms with Crippen molar-refractivity contribution in [3.05, 3.63) is 34.2 Å². The zero-order valence-electron chi connectivity index (χ0n) is 8.33. The van der Waals surface area contributed by atoms with Gasteiger partial charge in [-0.1, -0.05) is 23.2 Å². The summed E-state index contributed by atoms with van der Waals surface area (Å²) in [5.41, 5.74) is 2.34. The topological polar surface area (TPSA) is 30.7 Å². The molecule has 15 heavy (non-hydrogen) atoms. The molecule has 0 saturated carbocycles. The number of aryl methyl sites for hydroxylation is 1. The first-order valence-corrected chi connectivity index (χ1v) is 5.17. The molecule has 0 amide bonds. The van der Waals surface area contributed by atoms with Crippen LogP contribution in [0.1, 0.15) is 5.69 Å². The largest absolute Gasteiger partial charge is 0.271 e. The van der Waals surface area contributed by atoms with Crippen molar-refractivity contribution in [3.63, 3.8) is 0 Å². The molecule has 2 rings (SSSR count). The van der Waals surface area contributed by atoms with Crippen molar-refractivity contribution in [2.24, 2.45) is 7.05 Å². The van der Waals surface area contributed by atoms with Gasteiger partial charge in [-0.25, -0.2) is 4.98 Å². The lowest BCUT2D eigenvalue weighted by atomic mass is 10.2. The Labute approximate surface area is 97.7 Å². The molecule has 0 radical (unpaired) electrons. The van der Waals surface area contributed by atoms with E-state index in [4.69, 9.17) is 23.2 Å². The van der Waals surface area contributed by atoms with Gasteiger partial charge in [-0.05, 0) is 19.1 Å². The zero-order chi connectivity index (χ0) is 11.0. The standard InChI is InChI=1S/C10H9Cl2N3/c1-6-8(11)9(14-15(6)2)7-4-3-5-13-10(7)12/h3-5H,1-2H3. The highest BCUT2D eigenvalue weighted by molar-refractivity contribution is 6.36. The molecule has 0 aliphatic heterocycles. The summed E-state index contributed by atoms with van der Waals surface area (Å²) in [5, 5.41) is 5.33. The molecule has 5 heteroatoms. The van der Waals surface area contributed by atoms with Crippen LogP contribution in [0.3, 0.4) is 0 Å². The Balaban J connectivity index is 2.65. The Morgan fingerprint density at radius 3 is 2.60 bits per heavy atom. The van der Waals surface area contributed by atoms with E-state index in [1.807, 2.05) is 26.1 Å². The molecule has 0 unspecified atom stereocenters. The summed E-state index contributed by atoms with van der Waals surface area (Å²) in [6.45, 7) is 1.91. The van der Waals surface area contributed by atoms with E-state index < -0.39 is 0 Å². The molecule has 0 atom stereocenters. The Morgan fingerprint density at radius 1 is 1.33 bits per heavy atom. The minimum Gasteiger partial charge on any atom is -0.271 e. The predicted molar refractivity (Wildman–Crippen MR) is 61.2 cm³/mol. The molecule has 0 spiro atoms. The fourth-order valence-corrected chi connectivity index (χ4v) is 1.79. The second-order valence-electron chi connectivity index (χ2n) is 3.21. The highest BCUT2D eigenvalue weighted by atomic mass is 35.5. The van der Waals surface area contributed by atoms with Crippen molar-refractivity contribution in [2.45, 2.75) is 6.92 Å². The average molecular weight is 242 g/mol. The molecule has 0 fully saturated rings. The Hall–Kier alpha value is -1.06. The Bertz CT molecular complexity index is 505. The SMILES string of the molecule is Cc1c(Cl)c(-c2cccnc2Cl)nn1C. The maximum absolute atomic E-state index is 6.15. The molecule has 0 N–H and O–H groups in total. The number of hydrogen-bond acceptors (Lipinski definition) is 2. The summed E-state index contributed by atoms with van der Waals surface area (Å²) in [5.74, 6) is 0. The van der Waals surface area contributed by atoms with Gasteiger partial charge in [0.05, 0.1) is 10.7 Å². The van der Waals surface area contributed by atoms with Crippen LogP contribution in [0.2, 0.25) is 10.2 Å². The van der Waals surface area contributed by atoms with E-state index in [1.54, 1.807) is 10.9 Å². The molecule has 2 heterocycles. The third-order valence-electron chi connectivity index (χ3n) is 2.28. The first-order valence-electron chi connectivity index (χ1n) is 4.41. The molecule has 2 aromatic rings. The Morgan fingerprint density at radius 2 is 2.07 bits per heavy atom.